The van der Waals surface area contributed by atoms with Crippen molar-refractivity contribution in [1.82, 2.24) is 19.8 Å². The van der Waals surface area contributed by atoms with E-state index in [2.05, 4.69) is 30.0 Å². The molecule has 6 heteroatoms. The van der Waals surface area contributed by atoms with Crippen molar-refractivity contribution in [3.63, 3.8) is 0 Å². The van der Waals surface area contributed by atoms with Gasteiger partial charge in [0.25, 0.3) is 0 Å². The maximum Gasteiger partial charge on any atom is 0.219 e. The first kappa shape index (κ1) is 19.8. The molecule has 1 atom stereocenters. The first-order valence-electron chi connectivity index (χ1n) is 10.5. The Hall–Kier alpha value is -2.47. The van der Waals surface area contributed by atoms with Gasteiger partial charge in [-0.3, -0.25) is 9.69 Å². The predicted octanol–water partition coefficient (Wildman–Crippen LogP) is 3.43. The van der Waals surface area contributed by atoms with Gasteiger partial charge in [-0.1, -0.05) is 24.6 Å². The number of fused-ring (bicyclic) bond motifs is 1. The molecule has 1 fully saturated rings. The van der Waals surface area contributed by atoms with Crippen LogP contribution in [0.2, 0.25) is 0 Å². The van der Waals surface area contributed by atoms with Gasteiger partial charge in [-0.25, -0.2) is 9.97 Å². The Bertz CT molecular complexity index is 898. The van der Waals surface area contributed by atoms with Gasteiger partial charge in [-0.2, -0.15) is 0 Å². The second-order valence-electron chi connectivity index (χ2n) is 8.14. The Labute approximate surface area is 172 Å². The fraction of sp³-hybridized carbons (Fsp3) is 0.522. The molecule has 6 nitrogen and oxygen atoms in total. The standard InChI is InChI=1S/C23H30N4O2/c1-16-7-6-8-18(22(16)29-3)14-27-11-5-4-9-21(27)23-24-13-19-15-26(17(2)28)12-10-20(19)25-23/h6-8,13,21H,4-5,9-12,14-15H2,1-3H3/t21-/m1/s1. The van der Waals surface area contributed by atoms with Crippen LogP contribution in [-0.2, 0) is 24.3 Å². The van der Waals surface area contributed by atoms with E-state index in [1.165, 1.54) is 24.0 Å². The molecule has 4 rings (SSSR count). The number of aryl methyl sites for hydroxylation is 1. The van der Waals surface area contributed by atoms with Gasteiger partial charge in [0.15, 0.2) is 0 Å². The lowest BCUT2D eigenvalue weighted by Crippen LogP contribution is -2.37. The third-order valence-corrected chi connectivity index (χ3v) is 6.18. The van der Waals surface area contributed by atoms with E-state index in [0.717, 1.165) is 55.3 Å². The molecule has 2 aromatic rings. The van der Waals surface area contributed by atoms with Crippen LogP contribution in [0.5, 0.6) is 5.75 Å². The molecule has 0 unspecified atom stereocenters. The number of hydrogen-bond acceptors (Lipinski definition) is 5. The summed E-state index contributed by atoms with van der Waals surface area (Å²) in [6, 6.07) is 6.57. The van der Waals surface area contributed by atoms with Gasteiger partial charge in [0, 0.05) is 50.3 Å². The van der Waals surface area contributed by atoms with Crippen LogP contribution in [0.25, 0.3) is 0 Å². The molecule has 1 aromatic heterocycles. The Morgan fingerprint density at radius 1 is 1.28 bits per heavy atom. The van der Waals surface area contributed by atoms with E-state index in [1.54, 1.807) is 14.0 Å². The van der Waals surface area contributed by atoms with Crippen LogP contribution >= 0.6 is 0 Å². The third kappa shape index (κ3) is 4.13. The van der Waals surface area contributed by atoms with Crippen molar-refractivity contribution in [2.75, 3.05) is 20.2 Å². The number of carbonyl (C=O) groups is 1. The number of piperidine rings is 1. The Morgan fingerprint density at radius 2 is 2.14 bits per heavy atom. The molecule has 0 bridgehead atoms. The molecule has 0 spiro atoms. The summed E-state index contributed by atoms with van der Waals surface area (Å²) in [6.45, 7) is 6.97. The van der Waals surface area contributed by atoms with Crippen molar-refractivity contribution in [2.45, 2.75) is 58.7 Å². The number of amides is 1. The lowest BCUT2D eigenvalue weighted by atomic mass is 9.99. The SMILES string of the molecule is COc1c(C)cccc1CN1CCCC[C@@H]1c1ncc2c(n1)CCN(C(C)=O)C2. The average molecular weight is 395 g/mol. The second kappa shape index (κ2) is 8.49. The van der Waals surface area contributed by atoms with E-state index >= 15 is 0 Å². The lowest BCUT2D eigenvalue weighted by molar-refractivity contribution is -0.129. The van der Waals surface area contributed by atoms with Gasteiger partial charge in [-0.15, -0.1) is 0 Å². The number of aromatic nitrogens is 2. The number of benzene rings is 1. The highest BCUT2D eigenvalue weighted by Gasteiger charge is 2.29. The predicted molar refractivity (Wildman–Crippen MR) is 112 cm³/mol. The van der Waals surface area contributed by atoms with E-state index in [4.69, 9.17) is 14.7 Å². The molecule has 1 aromatic carbocycles. The van der Waals surface area contributed by atoms with Crippen LogP contribution in [0, 0.1) is 6.92 Å². The molecular formula is C23H30N4O2. The van der Waals surface area contributed by atoms with E-state index in [0.29, 0.717) is 6.54 Å². The minimum atomic E-state index is 0.116. The number of hydrogen-bond donors (Lipinski definition) is 0. The van der Waals surface area contributed by atoms with Crippen molar-refractivity contribution < 1.29 is 9.53 Å². The van der Waals surface area contributed by atoms with Crippen molar-refractivity contribution in [3.8, 4) is 5.75 Å². The Kier molecular flexibility index (Phi) is 5.81. The van der Waals surface area contributed by atoms with Crippen molar-refractivity contribution >= 4 is 5.91 Å². The normalized spacial score (nSPS) is 19.7. The molecule has 29 heavy (non-hydrogen) atoms. The molecule has 0 radical (unpaired) electrons. The summed E-state index contributed by atoms with van der Waals surface area (Å²) >= 11 is 0. The summed E-state index contributed by atoms with van der Waals surface area (Å²) in [6.07, 6.45) is 6.22. The highest BCUT2D eigenvalue weighted by atomic mass is 16.5. The fourth-order valence-electron chi connectivity index (χ4n) is 4.58. The van der Waals surface area contributed by atoms with E-state index < -0.39 is 0 Å². The van der Waals surface area contributed by atoms with E-state index in [1.807, 2.05) is 11.1 Å². The zero-order valence-electron chi connectivity index (χ0n) is 17.6. The summed E-state index contributed by atoms with van der Waals surface area (Å²) in [5.41, 5.74) is 4.57. The maximum atomic E-state index is 11.7. The lowest BCUT2D eigenvalue weighted by Gasteiger charge is -2.36. The molecule has 1 saturated heterocycles. The molecule has 2 aliphatic rings. The minimum Gasteiger partial charge on any atom is -0.496 e. The molecule has 3 heterocycles. The number of carbonyl (C=O) groups excluding carboxylic acids is 1. The molecule has 0 saturated carbocycles. The van der Waals surface area contributed by atoms with Crippen molar-refractivity contribution in [2.24, 2.45) is 0 Å². The van der Waals surface area contributed by atoms with Crippen LogP contribution < -0.4 is 4.74 Å². The number of rotatable bonds is 4. The first-order valence-corrected chi connectivity index (χ1v) is 10.5. The van der Waals surface area contributed by atoms with E-state index in [-0.39, 0.29) is 11.9 Å². The van der Waals surface area contributed by atoms with Gasteiger partial charge >= 0.3 is 0 Å². The van der Waals surface area contributed by atoms with Gasteiger partial charge < -0.3 is 9.64 Å². The summed E-state index contributed by atoms with van der Waals surface area (Å²) in [4.78, 5) is 25.7. The number of ether oxygens (including phenoxy) is 1. The fourth-order valence-corrected chi connectivity index (χ4v) is 4.58. The minimum absolute atomic E-state index is 0.116. The summed E-state index contributed by atoms with van der Waals surface area (Å²) in [5.74, 6) is 2.02. The van der Waals surface area contributed by atoms with Gasteiger partial charge in [0.05, 0.1) is 18.8 Å². The van der Waals surface area contributed by atoms with Crippen LogP contribution in [0.3, 0.4) is 0 Å². The van der Waals surface area contributed by atoms with Crippen molar-refractivity contribution in [3.05, 3.63) is 52.6 Å². The number of likely N-dealkylation sites (tertiary alicyclic amines) is 1. The molecule has 2 aliphatic heterocycles. The van der Waals surface area contributed by atoms with Crippen LogP contribution in [0.1, 0.15) is 60.4 Å². The maximum absolute atomic E-state index is 11.7. The van der Waals surface area contributed by atoms with Gasteiger partial charge in [0.1, 0.15) is 11.6 Å². The zero-order valence-corrected chi connectivity index (χ0v) is 17.6. The Balaban J connectivity index is 1.57. The molecular weight excluding hydrogens is 364 g/mol. The molecule has 1 amide bonds. The highest BCUT2D eigenvalue weighted by Crippen LogP contribution is 2.33. The van der Waals surface area contributed by atoms with Gasteiger partial charge in [0.2, 0.25) is 5.91 Å². The van der Waals surface area contributed by atoms with Crippen LogP contribution in [-0.4, -0.2) is 45.9 Å². The van der Waals surface area contributed by atoms with Crippen LogP contribution in [0.15, 0.2) is 24.4 Å². The number of nitrogens with zero attached hydrogens (tertiary/aromatic N) is 4. The average Bonchev–Trinajstić information content (AvgIpc) is 2.73. The summed E-state index contributed by atoms with van der Waals surface area (Å²) < 4.78 is 5.67. The molecule has 0 N–H and O–H groups in total. The summed E-state index contributed by atoms with van der Waals surface area (Å²) in [7, 11) is 1.75. The highest BCUT2D eigenvalue weighted by molar-refractivity contribution is 5.73. The third-order valence-electron chi connectivity index (χ3n) is 6.18. The van der Waals surface area contributed by atoms with E-state index in [9.17, 15) is 4.79 Å². The summed E-state index contributed by atoms with van der Waals surface area (Å²) in [5, 5.41) is 0. The number of para-hydroxylation sites is 1. The molecule has 154 valence electrons. The largest absolute Gasteiger partial charge is 0.496 e. The Morgan fingerprint density at radius 3 is 2.93 bits per heavy atom. The smallest absolute Gasteiger partial charge is 0.219 e. The topological polar surface area (TPSA) is 58.6 Å². The van der Waals surface area contributed by atoms with Crippen LogP contribution in [0.4, 0.5) is 0 Å². The quantitative estimate of drug-likeness (QED) is 0.795. The molecule has 0 aliphatic carbocycles. The zero-order chi connectivity index (χ0) is 20.4. The monoisotopic (exact) mass is 394 g/mol. The van der Waals surface area contributed by atoms with Gasteiger partial charge in [-0.05, 0) is 31.9 Å². The first-order chi connectivity index (χ1) is 14.1. The van der Waals surface area contributed by atoms with Crippen molar-refractivity contribution in [1.29, 1.82) is 0 Å². The number of methoxy groups -OCH3 is 1. The second-order valence-corrected chi connectivity index (χ2v) is 8.14.